The van der Waals surface area contributed by atoms with Gasteiger partial charge in [-0.25, -0.2) is 0 Å². The van der Waals surface area contributed by atoms with Crippen LogP contribution in [-0.2, 0) is 5.41 Å². The number of ketones is 1. The highest BCUT2D eigenvalue weighted by atomic mass is 16.1. The number of hydrogen-bond acceptors (Lipinski definition) is 1. The van der Waals surface area contributed by atoms with Crippen molar-refractivity contribution in [2.45, 2.75) is 52.9 Å². The molecule has 0 bridgehead atoms. The van der Waals surface area contributed by atoms with Crippen LogP contribution in [0.3, 0.4) is 0 Å². The first-order chi connectivity index (χ1) is 12.2. The molecule has 0 saturated carbocycles. The SMILES string of the molecule is CC1=CC(c2ccc(C(C)(C)C)cc2C(=O)c2ccccc2)C(C)=C1C. The summed E-state index contributed by atoms with van der Waals surface area (Å²) in [5.74, 6) is 0.293. The normalized spacial score (nSPS) is 17.5. The fraction of sp³-hybridized carbons (Fsp3) is 0.320. The van der Waals surface area contributed by atoms with Gasteiger partial charge in [-0.2, -0.15) is 0 Å². The van der Waals surface area contributed by atoms with Crippen molar-refractivity contribution in [3.05, 3.63) is 93.6 Å². The summed E-state index contributed by atoms with van der Waals surface area (Å²) in [7, 11) is 0. The van der Waals surface area contributed by atoms with Crippen molar-refractivity contribution in [3.8, 4) is 0 Å². The maximum absolute atomic E-state index is 13.3. The third-order valence-corrected chi connectivity index (χ3v) is 5.60. The van der Waals surface area contributed by atoms with Gasteiger partial charge in [0.15, 0.2) is 5.78 Å². The van der Waals surface area contributed by atoms with Crippen LogP contribution in [-0.4, -0.2) is 5.78 Å². The summed E-state index contributed by atoms with van der Waals surface area (Å²) in [6.45, 7) is 13.1. The van der Waals surface area contributed by atoms with Gasteiger partial charge < -0.3 is 0 Å². The predicted molar refractivity (Wildman–Crippen MR) is 110 cm³/mol. The molecule has 3 rings (SSSR count). The second-order valence-corrected chi connectivity index (χ2v) is 8.38. The molecule has 1 atom stereocenters. The number of allylic oxidation sites excluding steroid dienone is 4. The highest BCUT2D eigenvalue weighted by Crippen LogP contribution is 2.40. The Bertz CT molecular complexity index is 905. The van der Waals surface area contributed by atoms with E-state index in [0.717, 1.165) is 16.7 Å². The van der Waals surface area contributed by atoms with E-state index in [1.807, 2.05) is 30.3 Å². The zero-order chi connectivity index (χ0) is 19.1. The first kappa shape index (κ1) is 18.4. The number of carbonyl (C=O) groups excluding carboxylic acids is 1. The zero-order valence-electron chi connectivity index (χ0n) is 16.7. The minimum atomic E-state index is 0.00643. The molecule has 0 fully saturated rings. The first-order valence-electron chi connectivity index (χ1n) is 9.30. The molecule has 1 aliphatic rings. The van der Waals surface area contributed by atoms with Crippen LogP contribution in [0, 0.1) is 0 Å². The van der Waals surface area contributed by atoms with Gasteiger partial charge in [0, 0.05) is 17.0 Å². The van der Waals surface area contributed by atoms with Gasteiger partial charge in [-0.05, 0) is 49.0 Å². The number of benzene rings is 2. The van der Waals surface area contributed by atoms with Crippen molar-refractivity contribution in [1.82, 2.24) is 0 Å². The van der Waals surface area contributed by atoms with Crippen LogP contribution >= 0.6 is 0 Å². The van der Waals surface area contributed by atoms with E-state index in [4.69, 9.17) is 0 Å². The molecule has 134 valence electrons. The Morgan fingerprint density at radius 2 is 1.58 bits per heavy atom. The van der Waals surface area contributed by atoms with Gasteiger partial charge in [0.25, 0.3) is 0 Å². The number of hydrogen-bond donors (Lipinski definition) is 0. The second kappa shape index (κ2) is 6.72. The molecule has 0 N–H and O–H groups in total. The van der Waals surface area contributed by atoms with E-state index in [2.05, 4.69) is 65.8 Å². The van der Waals surface area contributed by atoms with E-state index in [1.54, 1.807) is 0 Å². The van der Waals surface area contributed by atoms with Crippen molar-refractivity contribution in [2.75, 3.05) is 0 Å². The average molecular weight is 344 g/mol. The van der Waals surface area contributed by atoms with Crippen molar-refractivity contribution in [3.63, 3.8) is 0 Å². The molecule has 2 aromatic rings. The molecule has 1 unspecified atom stereocenters. The third kappa shape index (κ3) is 3.31. The Morgan fingerprint density at radius 3 is 2.12 bits per heavy atom. The van der Waals surface area contributed by atoms with Gasteiger partial charge in [-0.1, -0.05) is 80.5 Å². The van der Waals surface area contributed by atoms with Gasteiger partial charge in [-0.15, -0.1) is 0 Å². The lowest BCUT2D eigenvalue weighted by molar-refractivity contribution is 0.103. The summed E-state index contributed by atoms with van der Waals surface area (Å²) < 4.78 is 0. The molecule has 1 aliphatic carbocycles. The van der Waals surface area contributed by atoms with E-state index < -0.39 is 0 Å². The van der Waals surface area contributed by atoms with E-state index in [9.17, 15) is 4.79 Å². The van der Waals surface area contributed by atoms with Crippen LogP contribution in [0.5, 0.6) is 0 Å². The highest BCUT2D eigenvalue weighted by molar-refractivity contribution is 6.10. The monoisotopic (exact) mass is 344 g/mol. The lowest BCUT2D eigenvalue weighted by Gasteiger charge is -2.23. The van der Waals surface area contributed by atoms with E-state index in [-0.39, 0.29) is 17.1 Å². The van der Waals surface area contributed by atoms with Crippen LogP contribution in [0.15, 0.2) is 71.3 Å². The molecule has 0 saturated heterocycles. The third-order valence-electron chi connectivity index (χ3n) is 5.60. The number of rotatable bonds is 3. The quantitative estimate of drug-likeness (QED) is 0.574. The molecule has 0 radical (unpaired) electrons. The summed E-state index contributed by atoms with van der Waals surface area (Å²) in [5.41, 5.74) is 7.88. The smallest absolute Gasteiger partial charge is 0.193 e. The van der Waals surface area contributed by atoms with Crippen LogP contribution in [0.2, 0.25) is 0 Å². The fourth-order valence-electron chi connectivity index (χ4n) is 3.60. The molecule has 1 nitrogen and oxygen atoms in total. The van der Waals surface area contributed by atoms with Crippen molar-refractivity contribution >= 4 is 5.78 Å². The molecule has 0 amide bonds. The summed E-state index contributed by atoms with van der Waals surface area (Å²) in [6, 6.07) is 16.1. The molecule has 2 aromatic carbocycles. The standard InChI is InChI=1S/C25H28O/c1-16-14-22(18(3)17(16)2)21-13-12-20(25(4,5)6)15-23(21)24(26)19-10-8-7-9-11-19/h7-15,22H,1-6H3. The molecule has 0 heterocycles. The lowest BCUT2D eigenvalue weighted by Crippen LogP contribution is -2.15. The molecular weight excluding hydrogens is 316 g/mol. The Hall–Kier alpha value is -2.41. The topological polar surface area (TPSA) is 17.1 Å². The minimum absolute atomic E-state index is 0.00643. The van der Waals surface area contributed by atoms with Crippen LogP contribution < -0.4 is 0 Å². The molecule has 1 heteroatoms. The van der Waals surface area contributed by atoms with Crippen LogP contribution in [0.4, 0.5) is 0 Å². The van der Waals surface area contributed by atoms with Crippen LogP contribution in [0.1, 0.15) is 74.5 Å². The van der Waals surface area contributed by atoms with Crippen LogP contribution in [0.25, 0.3) is 0 Å². The Labute approximate surface area is 157 Å². The summed E-state index contributed by atoms with van der Waals surface area (Å²) in [5, 5.41) is 0. The van der Waals surface area contributed by atoms with E-state index >= 15 is 0 Å². The lowest BCUT2D eigenvalue weighted by atomic mass is 9.81. The van der Waals surface area contributed by atoms with Crippen molar-refractivity contribution < 1.29 is 4.79 Å². The summed E-state index contributed by atoms with van der Waals surface area (Å²) in [4.78, 5) is 13.3. The Kier molecular flexibility index (Phi) is 4.75. The maximum atomic E-state index is 13.3. The van der Waals surface area contributed by atoms with Crippen molar-refractivity contribution in [2.24, 2.45) is 0 Å². The molecule has 0 aromatic heterocycles. The zero-order valence-corrected chi connectivity index (χ0v) is 16.7. The van der Waals surface area contributed by atoms with E-state index in [0.29, 0.717) is 0 Å². The summed E-state index contributed by atoms with van der Waals surface area (Å²) in [6.07, 6.45) is 2.29. The first-order valence-corrected chi connectivity index (χ1v) is 9.30. The maximum Gasteiger partial charge on any atom is 0.193 e. The number of carbonyl (C=O) groups is 1. The molecule has 0 aliphatic heterocycles. The van der Waals surface area contributed by atoms with Gasteiger partial charge in [0.05, 0.1) is 0 Å². The largest absolute Gasteiger partial charge is 0.289 e. The average Bonchev–Trinajstić information content (AvgIpc) is 2.88. The fourth-order valence-corrected chi connectivity index (χ4v) is 3.60. The Morgan fingerprint density at radius 1 is 0.923 bits per heavy atom. The van der Waals surface area contributed by atoms with Gasteiger partial charge in [0.1, 0.15) is 0 Å². The van der Waals surface area contributed by atoms with E-state index in [1.165, 1.54) is 22.3 Å². The molecule has 26 heavy (non-hydrogen) atoms. The predicted octanol–water partition coefficient (Wildman–Crippen LogP) is 6.60. The minimum Gasteiger partial charge on any atom is -0.289 e. The van der Waals surface area contributed by atoms with Gasteiger partial charge >= 0.3 is 0 Å². The molecule has 0 spiro atoms. The second-order valence-electron chi connectivity index (χ2n) is 8.38. The van der Waals surface area contributed by atoms with Gasteiger partial charge in [-0.3, -0.25) is 4.79 Å². The highest BCUT2D eigenvalue weighted by Gasteiger charge is 2.26. The molecular formula is C25H28O. The summed E-state index contributed by atoms with van der Waals surface area (Å²) >= 11 is 0. The van der Waals surface area contributed by atoms with Crippen molar-refractivity contribution in [1.29, 1.82) is 0 Å². The van der Waals surface area contributed by atoms with Gasteiger partial charge in [0.2, 0.25) is 0 Å². The Balaban J connectivity index is 2.18.